The van der Waals surface area contributed by atoms with Crippen LogP contribution in [0.4, 0.5) is 0 Å². The van der Waals surface area contributed by atoms with Crippen LogP contribution in [0.3, 0.4) is 0 Å². The van der Waals surface area contributed by atoms with Crippen molar-refractivity contribution in [1.82, 2.24) is 9.78 Å². The van der Waals surface area contributed by atoms with Gasteiger partial charge in [0.2, 0.25) is 0 Å². The van der Waals surface area contributed by atoms with Crippen LogP contribution < -0.4 is 0 Å². The Kier molecular flexibility index (Phi) is 1.50. The highest BCUT2D eigenvalue weighted by atomic mass is 79.9. The predicted molar refractivity (Wildman–Crippen MR) is 55.7 cm³/mol. The monoisotopic (exact) mass is 236 g/mol. The van der Waals surface area contributed by atoms with E-state index in [1.165, 1.54) is 23.7 Å². The minimum absolute atomic E-state index is 0.665. The molecule has 0 bridgehead atoms. The van der Waals surface area contributed by atoms with Crippen molar-refractivity contribution >= 4 is 26.8 Å². The molecule has 13 heavy (non-hydrogen) atoms. The maximum Gasteiger partial charge on any atom is 0.0686 e. The zero-order valence-electron chi connectivity index (χ0n) is 7.07. The molecule has 0 atom stereocenters. The third-order valence-corrected chi connectivity index (χ3v) is 2.94. The van der Waals surface area contributed by atoms with Gasteiger partial charge < -0.3 is 0 Å². The lowest BCUT2D eigenvalue weighted by molar-refractivity contribution is 0.665. The highest BCUT2D eigenvalue weighted by molar-refractivity contribution is 9.10. The van der Waals surface area contributed by atoms with Crippen molar-refractivity contribution in [2.75, 3.05) is 0 Å². The molecule has 1 heterocycles. The number of rotatable bonds is 1. The van der Waals surface area contributed by atoms with Crippen molar-refractivity contribution in [2.24, 2.45) is 0 Å². The lowest BCUT2D eigenvalue weighted by atomic mass is 10.2. The van der Waals surface area contributed by atoms with Gasteiger partial charge in [0.15, 0.2) is 0 Å². The largest absolute Gasteiger partial charge is 0.262 e. The number of hydrogen-bond donors (Lipinski definition) is 0. The van der Waals surface area contributed by atoms with Gasteiger partial charge in [0.05, 0.1) is 17.8 Å². The Hall–Kier alpha value is -0.830. The van der Waals surface area contributed by atoms with Crippen LogP contribution in [0.25, 0.3) is 10.9 Å². The Bertz CT molecular complexity index is 457. The van der Waals surface area contributed by atoms with Crippen molar-refractivity contribution < 1.29 is 0 Å². The van der Waals surface area contributed by atoms with Gasteiger partial charge in [-0.15, -0.1) is 0 Å². The first-order chi connectivity index (χ1) is 6.34. The van der Waals surface area contributed by atoms with E-state index in [1.807, 2.05) is 6.20 Å². The highest BCUT2D eigenvalue weighted by Gasteiger charge is 2.25. The summed E-state index contributed by atoms with van der Waals surface area (Å²) in [6.45, 7) is 0. The maximum absolute atomic E-state index is 4.39. The number of nitrogens with zero attached hydrogens (tertiary/aromatic N) is 2. The van der Waals surface area contributed by atoms with E-state index in [0.717, 1.165) is 4.47 Å². The Morgan fingerprint density at radius 3 is 3.00 bits per heavy atom. The van der Waals surface area contributed by atoms with Crippen molar-refractivity contribution in [3.05, 3.63) is 28.9 Å². The average molecular weight is 237 g/mol. The zero-order chi connectivity index (χ0) is 8.84. The van der Waals surface area contributed by atoms with Crippen LogP contribution in [0.15, 0.2) is 28.9 Å². The molecule has 0 amide bonds. The maximum atomic E-state index is 4.39. The molecule has 0 unspecified atom stereocenters. The molecule has 3 heteroatoms. The lowest BCUT2D eigenvalue weighted by Gasteiger charge is -1.99. The normalized spacial score (nSPS) is 16.7. The van der Waals surface area contributed by atoms with E-state index in [9.17, 15) is 0 Å². The zero-order valence-corrected chi connectivity index (χ0v) is 8.66. The van der Waals surface area contributed by atoms with Gasteiger partial charge in [-0.25, -0.2) is 0 Å². The summed E-state index contributed by atoms with van der Waals surface area (Å²) in [7, 11) is 0. The van der Waals surface area contributed by atoms with Crippen LogP contribution in [0.5, 0.6) is 0 Å². The third kappa shape index (κ3) is 1.18. The van der Waals surface area contributed by atoms with E-state index >= 15 is 0 Å². The molecule has 1 aliphatic rings. The topological polar surface area (TPSA) is 17.8 Å². The second kappa shape index (κ2) is 2.58. The summed E-state index contributed by atoms with van der Waals surface area (Å²) in [5.74, 6) is 0. The molecular formula is C10H9BrN2. The number of benzene rings is 1. The summed E-state index contributed by atoms with van der Waals surface area (Å²) < 4.78 is 3.26. The third-order valence-electron chi connectivity index (χ3n) is 2.45. The molecule has 0 radical (unpaired) electrons. The van der Waals surface area contributed by atoms with E-state index in [2.05, 4.69) is 43.9 Å². The van der Waals surface area contributed by atoms with Crippen LogP contribution in [0.1, 0.15) is 18.9 Å². The van der Waals surface area contributed by atoms with E-state index in [-0.39, 0.29) is 0 Å². The molecule has 2 aromatic rings. The van der Waals surface area contributed by atoms with Crippen molar-refractivity contribution in [3.8, 4) is 0 Å². The van der Waals surface area contributed by atoms with Gasteiger partial charge in [0.1, 0.15) is 0 Å². The molecule has 3 rings (SSSR count). The van der Waals surface area contributed by atoms with Crippen molar-refractivity contribution in [3.63, 3.8) is 0 Å². The van der Waals surface area contributed by atoms with Crippen LogP contribution in [-0.2, 0) is 0 Å². The summed E-state index contributed by atoms with van der Waals surface area (Å²) in [6, 6.07) is 6.98. The second-order valence-corrected chi connectivity index (χ2v) is 4.44. The predicted octanol–water partition coefficient (Wildman–Crippen LogP) is 3.13. The van der Waals surface area contributed by atoms with Gasteiger partial charge in [-0.2, -0.15) is 5.10 Å². The standard InChI is InChI=1S/C10H9BrN2/c11-8-1-4-10-7(5-8)6-12-13(10)9-2-3-9/h1,4-6,9H,2-3H2. The molecule has 1 aromatic carbocycles. The van der Waals surface area contributed by atoms with Gasteiger partial charge in [-0.1, -0.05) is 15.9 Å². The quantitative estimate of drug-likeness (QED) is 0.744. The molecule has 1 saturated carbocycles. The van der Waals surface area contributed by atoms with Crippen LogP contribution >= 0.6 is 15.9 Å². The van der Waals surface area contributed by atoms with Crippen molar-refractivity contribution in [2.45, 2.75) is 18.9 Å². The van der Waals surface area contributed by atoms with E-state index in [0.29, 0.717) is 6.04 Å². The lowest BCUT2D eigenvalue weighted by Crippen LogP contribution is -1.94. The van der Waals surface area contributed by atoms with E-state index in [1.54, 1.807) is 0 Å². The summed E-state index contributed by atoms with van der Waals surface area (Å²) in [4.78, 5) is 0. The Labute approximate surface area is 84.7 Å². The minimum Gasteiger partial charge on any atom is -0.262 e. The molecule has 1 fully saturated rings. The minimum atomic E-state index is 0.665. The fourth-order valence-electron chi connectivity index (χ4n) is 1.63. The smallest absolute Gasteiger partial charge is 0.0686 e. The fourth-order valence-corrected chi connectivity index (χ4v) is 2.01. The number of halogens is 1. The van der Waals surface area contributed by atoms with E-state index < -0.39 is 0 Å². The average Bonchev–Trinajstić information content (AvgIpc) is 2.87. The molecule has 1 aliphatic carbocycles. The second-order valence-electron chi connectivity index (χ2n) is 3.52. The molecule has 0 spiro atoms. The van der Waals surface area contributed by atoms with Gasteiger partial charge in [0, 0.05) is 9.86 Å². The first kappa shape index (κ1) is 7.56. The van der Waals surface area contributed by atoms with Gasteiger partial charge in [-0.05, 0) is 31.0 Å². The van der Waals surface area contributed by atoms with Crippen molar-refractivity contribution in [1.29, 1.82) is 0 Å². The molecule has 2 nitrogen and oxygen atoms in total. The Morgan fingerprint density at radius 1 is 1.38 bits per heavy atom. The first-order valence-corrected chi connectivity index (χ1v) is 5.27. The SMILES string of the molecule is Brc1ccc2c(cnn2C2CC2)c1. The number of aromatic nitrogens is 2. The molecule has 0 N–H and O–H groups in total. The summed E-state index contributed by atoms with van der Waals surface area (Å²) >= 11 is 3.46. The van der Waals surface area contributed by atoms with Gasteiger partial charge >= 0.3 is 0 Å². The van der Waals surface area contributed by atoms with Crippen LogP contribution in [0.2, 0.25) is 0 Å². The van der Waals surface area contributed by atoms with Crippen LogP contribution in [0, 0.1) is 0 Å². The van der Waals surface area contributed by atoms with Gasteiger partial charge in [0.25, 0.3) is 0 Å². The Morgan fingerprint density at radius 2 is 2.23 bits per heavy atom. The number of fused-ring (bicyclic) bond motifs is 1. The van der Waals surface area contributed by atoms with E-state index in [4.69, 9.17) is 0 Å². The summed E-state index contributed by atoms with van der Waals surface area (Å²) in [6.07, 6.45) is 4.51. The molecule has 1 aromatic heterocycles. The van der Waals surface area contributed by atoms with Gasteiger partial charge in [-0.3, -0.25) is 4.68 Å². The highest BCUT2D eigenvalue weighted by Crippen LogP contribution is 2.36. The summed E-state index contributed by atoms with van der Waals surface area (Å²) in [5.41, 5.74) is 1.26. The summed E-state index contributed by atoms with van der Waals surface area (Å²) in [5, 5.41) is 5.62. The Balaban J connectivity index is 2.26. The molecular weight excluding hydrogens is 228 g/mol. The van der Waals surface area contributed by atoms with Crippen LogP contribution in [-0.4, -0.2) is 9.78 Å². The fraction of sp³-hybridized carbons (Fsp3) is 0.300. The number of hydrogen-bond acceptors (Lipinski definition) is 1. The first-order valence-electron chi connectivity index (χ1n) is 4.47. The molecule has 0 saturated heterocycles. The molecule has 0 aliphatic heterocycles. The molecule has 66 valence electrons.